The maximum absolute atomic E-state index is 11.7. The summed E-state index contributed by atoms with van der Waals surface area (Å²) in [6.45, 7) is 1.30. The van der Waals surface area contributed by atoms with E-state index >= 15 is 0 Å². The zero-order valence-corrected chi connectivity index (χ0v) is 23.1. The third-order valence-electron chi connectivity index (χ3n) is 5.88. The van der Waals surface area contributed by atoms with Gasteiger partial charge in [0.1, 0.15) is 11.5 Å². The lowest BCUT2D eigenvalue weighted by Gasteiger charge is -2.13. The van der Waals surface area contributed by atoms with Crippen LogP contribution in [0.3, 0.4) is 0 Å². The van der Waals surface area contributed by atoms with Crippen LogP contribution in [0.15, 0.2) is 84.9 Å². The van der Waals surface area contributed by atoms with Gasteiger partial charge in [0.25, 0.3) is 0 Å². The zero-order chi connectivity index (χ0) is 27.7. The molecule has 0 saturated heterocycles. The van der Waals surface area contributed by atoms with Crippen molar-refractivity contribution in [3.63, 3.8) is 0 Å². The molecule has 0 aromatic heterocycles. The highest BCUT2D eigenvalue weighted by Crippen LogP contribution is 2.22. The number of carboxylic acid groups (broad SMARTS) is 1. The number of esters is 1. The van der Waals surface area contributed by atoms with Crippen LogP contribution in [-0.4, -0.2) is 48.4 Å². The smallest absolute Gasteiger partial charge is 0.337 e. The van der Waals surface area contributed by atoms with E-state index in [-0.39, 0.29) is 17.6 Å². The first-order chi connectivity index (χ1) is 19.0. The van der Waals surface area contributed by atoms with E-state index in [1.807, 2.05) is 66.7 Å². The van der Waals surface area contributed by atoms with Crippen LogP contribution in [0, 0.1) is 0 Å². The minimum absolute atomic E-state index is 0.164. The standard InChI is InChI=1S/C32H36O6S/c1-36-32(35)27-16-11-26(12-17-27)24-30(39-23-7-10-31(33)34)20-15-25-13-18-29(19-14-25)38-22-6-5-21-37-28-8-3-2-4-9-28/h2-4,8-9,11-20,30H,5-7,10,21-24H2,1H3,(H,33,34)/b20-15+. The number of hydrogen-bond donors (Lipinski definition) is 1. The lowest BCUT2D eigenvalue weighted by Crippen LogP contribution is -2.07. The largest absolute Gasteiger partial charge is 0.494 e. The molecule has 0 saturated carbocycles. The van der Waals surface area contributed by atoms with Crippen molar-refractivity contribution in [2.45, 2.75) is 37.4 Å². The van der Waals surface area contributed by atoms with Gasteiger partial charge in [-0.15, -0.1) is 0 Å². The molecule has 0 amide bonds. The molecule has 1 unspecified atom stereocenters. The normalized spacial score (nSPS) is 11.7. The second-order valence-corrected chi connectivity index (χ2v) is 10.3. The van der Waals surface area contributed by atoms with E-state index in [9.17, 15) is 9.59 Å². The Morgan fingerprint density at radius 1 is 0.846 bits per heavy atom. The number of ether oxygens (including phenoxy) is 3. The van der Waals surface area contributed by atoms with E-state index in [2.05, 4.69) is 12.2 Å². The quantitative estimate of drug-likeness (QED) is 0.145. The van der Waals surface area contributed by atoms with Crippen molar-refractivity contribution in [3.05, 3.63) is 102 Å². The summed E-state index contributed by atoms with van der Waals surface area (Å²) >= 11 is 1.74. The number of para-hydroxylation sites is 1. The number of carbonyl (C=O) groups excluding carboxylic acids is 1. The van der Waals surface area contributed by atoms with Crippen LogP contribution in [0.2, 0.25) is 0 Å². The van der Waals surface area contributed by atoms with E-state index in [0.717, 1.165) is 47.6 Å². The maximum atomic E-state index is 11.7. The average Bonchev–Trinajstić information content (AvgIpc) is 2.96. The molecule has 3 rings (SSSR count). The van der Waals surface area contributed by atoms with Gasteiger partial charge in [0, 0.05) is 11.7 Å². The summed E-state index contributed by atoms with van der Waals surface area (Å²) in [6, 6.07) is 25.2. The zero-order valence-electron chi connectivity index (χ0n) is 22.3. The Kier molecular flexibility index (Phi) is 13.0. The van der Waals surface area contributed by atoms with Gasteiger partial charge < -0.3 is 19.3 Å². The molecule has 7 heteroatoms. The molecule has 3 aromatic carbocycles. The van der Waals surface area contributed by atoms with Crippen LogP contribution < -0.4 is 9.47 Å². The van der Waals surface area contributed by atoms with Crippen molar-refractivity contribution >= 4 is 29.8 Å². The van der Waals surface area contributed by atoms with Gasteiger partial charge in [-0.25, -0.2) is 4.79 Å². The average molecular weight is 549 g/mol. The minimum atomic E-state index is -0.774. The fourth-order valence-electron chi connectivity index (χ4n) is 3.76. The second-order valence-electron chi connectivity index (χ2n) is 8.94. The highest BCUT2D eigenvalue weighted by Gasteiger charge is 2.10. The van der Waals surface area contributed by atoms with Gasteiger partial charge in [-0.3, -0.25) is 4.79 Å². The molecule has 0 heterocycles. The summed E-state index contributed by atoms with van der Waals surface area (Å²) in [5.74, 6) is 1.35. The Bertz CT molecular complexity index is 1160. The maximum Gasteiger partial charge on any atom is 0.337 e. The van der Waals surface area contributed by atoms with E-state index < -0.39 is 5.97 Å². The Hall–Kier alpha value is -3.71. The second kappa shape index (κ2) is 17.0. The summed E-state index contributed by atoms with van der Waals surface area (Å²) in [5.41, 5.74) is 2.68. The lowest BCUT2D eigenvalue weighted by atomic mass is 10.1. The van der Waals surface area contributed by atoms with Crippen LogP contribution in [-0.2, 0) is 16.0 Å². The Balaban J connectivity index is 1.47. The number of rotatable bonds is 17. The molecular formula is C32H36O6S. The molecule has 1 atom stereocenters. The van der Waals surface area contributed by atoms with Gasteiger partial charge in [0.05, 0.1) is 25.9 Å². The van der Waals surface area contributed by atoms with E-state index in [4.69, 9.17) is 19.3 Å². The van der Waals surface area contributed by atoms with Crippen molar-refractivity contribution in [2.75, 3.05) is 26.1 Å². The van der Waals surface area contributed by atoms with Gasteiger partial charge in [-0.2, -0.15) is 11.8 Å². The first kappa shape index (κ1) is 29.8. The molecule has 1 N–H and O–H groups in total. The highest BCUT2D eigenvalue weighted by molar-refractivity contribution is 8.00. The lowest BCUT2D eigenvalue weighted by molar-refractivity contribution is -0.137. The molecule has 0 aliphatic carbocycles. The monoisotopic (exact) mass is 548 g/mol. The SMILES string of the molecule is COC(=O)c1ccc(CC(/C=C/c2ccc(OCCCCOc3ccccc3)cc2)SCCCC(=O)O)cc1. The Morgan fingerprint density at radius 2 is 1.49 bits per heavy atom. The number of thioether (sulfide) groups is 1. The van der Waals surface area contributed by atoms with Crippen molar-refractivity contribution in [1.29, 1.82) is 0 Å². The molecule has 0 aliphatic heterocycles. The first-order valence-electron chi connectivity index (χ1n) is 13.1. The summed E-state index contributed by atoms with van der Waals surface area (Å²) < 4.78 is 16.4. The Morgan fingerprint density at radius 3 is 2.10 bits per heavy atom. The van der Waals surface area contributed by atoms with E-state index in [1.165, 1.54) is 7.11 Å². The predicted octanol–water partition coefficient (Wildman–Crippen LogP) is 6.93. The van der Waals surface area contributed by atoms with E-state index in [0.29, 0.717) is 25.2 Å². The number of carboxylic acids is 1. The fraction of sp³-hybridized carbons (Fsp3) is 0.312. The first-order valence-corrected chi connectivity index (χ1v) is 14.2. The molecular weight excluding hydrogens is 512 g/mol. The van der Waals surface area contributed by atoms with Crippen molar-refractivity contribution in [3.8, 4) is 11.5 Å². The molecule has 6 nitrogen and oxygen atoms in total. The molecule has 0 radical (unpaired) electrons. The van der Waals surface area contributed by atoms with Gasteiger partial charge in [0.2, 0.25) is 0 Å². The van der Waals surface area contributed by atoms with E-state index in [1.54, 1.807) is 23.9 Å². The summed E-state index contributed by atoms with van der Waals surface area (Å²) in [7, 11) is 1.37. The van der Waals surface area contributed by atoms with Crippen LogP contribution in [0.4, 0.5) is 0 Å². The molecule has 0 fully saturated rings. The molecule has 0 spiro atoms. The number of methoxy groups -OCH3 is 1. The van der Waals surface area contributed by atoms with Crippen molar-refractivity contribution < 1.29 is 28.9 Å². The van der Waals surface area contributed by atoms with Gasteiger partial charge in [-0.05, 0) is 79.0 Å². The van der Waals surface area contributed by atoms with Crippen molar-refractivity contribution in [2.24, 2.45) is 0 Å². The summed E-state index contributed by atoms with van der Waals surface area (Å²) in [6.07, 6.45) is 7.63. The third-order valence-corrected chi connectivity index (χ3v) is 7.16. The predicted molar refractivity (Wildman–Crippen MR) is 157 cm³/mol. The third kappa shape index (κ3) is 11.7. The van der Waals surface area contributed by atoms with Gasteiger partial charge in [-0.1, -0.05) is 54.6 Å². The number of benzene rings is 3. The molecule has 0 bridgehead atoms. The molecule has 0 aliphatic rings. The van der Waals surface area contributed by atoms with Gasteiger partial charge in [0.15, 0.2) is 0 Å². The number of aliphatic carboxylic acids is 1. The van der Waals surface area contributed by atoms with Crippen molar-refractivity contribution in [1.82, 2.24) is 0 Å². The van der Waals surface area contributed by atoms with Crippen LogP contribution in [0.5, 0.6) is 11.5 Å². The number of carbonyl (C=O) groups is 2. The van der Waals surface area contributed by atoms with Gasteiger partial charge >= 0.3 is 11.9 Å². The summed E-state index contributed by atoms with van der Waals surface area (Å²) in [5, 5.41) is 9.10. The molecule has 39 heavy (non-hydrogen) atoms. The highest BCUT2D eigenvalue weighted by atomic mass is 32.2. The summed E-state index contributed by atoms with van der Waals surface area (Å²) in [4.78, 5) is 22.6. The minimum Gasteiger partial charge on any atom is -0.494 e. The topological polar surface area (TPSA) is 82.1 Å². The number of unbranched alkanes of at least 4 members (excludes halogenated alkanes) is 1. The van der Waals surface area contributed by atoms with Crippen LogP contribution in [0.1, 0.15) is 47.2 Å². The Labute approximate surface area is 235 Å². The molecule has 3 aromatic rings. The number of hydrogen-bond acceptors (Lipinski definition) is 6. The van der Waals surface area contributed by atoms with Crippen LogP contribution in [0.25, 0.3) is 6.08 Å². The van der Waals surface area contributed by atoms with Crippen LogP contribution >= 0.6 is 11.8 Å². The molecule has 206 valence electrons. The fourth-order valence-corrected chi connectivity index (χ4v) is 4.88.